The summed E-state index contributed by atoms with van der Waals surface area (Å²) >= 11 is 0. The van der Waals surface area contributed by atoms with E-state index in [1.54, 1.807) is 12.1 Å². The number of nitrogens with two attached hydrogens (primary N) is 2. The lowest BCUT2D eigenvalue weighted by Gasteiger charge is -2.16. The molecule has 236 valence electrons. The number of amides is 1. The third-order valence-electron chi connectivity index (χ3n) is 7.99. The van der Waals surface area contributed by atoms with Crippen molar-refractivity contribution in [2.24, 2.45) is 25.6 Å². The first kappa shape index (κ1) is 33.2. The maximum atomic E-state index is 12.6. The normalized spacial score (nSPS) is 12.3. The second-order valence-corrected chi connectivity index (χ2v) is 11.2. The molecule has 0 bridgehead atoms. The topological polar surface area (TPSA) is 140 Å². The van der Waals surface area contributed by atoms with E-state index in [-0.39, 0.29) is 6.04 Å². The van der Waals surface area contributed by atoms with Crippen LogP contribution in [0, 0.1) is 0 Å². The number of carbonyl (C=O) groups is 2. The highest BCUT2D eigenvalue weighted by molar-refractivity contribution is 5.96. The molecule has 0 aliphatic heterocycles. The molecule has 7 N–H and O–H groups in total. The number of hydrogen-bond acceptors (Lipinski definition) is 5. The van der Waals surface area contributed by atoms with Crippen molar-refractivity contribution in [1.29, 1.82) is 0 Å². The van der Waals surface area contributed by atoms with Crippen molar-refractivity contribution >= 4 is 22.6 Å². The van der Waals surface area contributed by atoms with Gasteiger partial charge in [-0.25, -0.2) is 4.79 Å². The second kappa shape index (κ2) is 16.4. The summed E-state index contributed by atoms with van der Waals surface area (Å²) in [5.41, 5.74) is 16.8. The van der Waals surface area contributed by atoms with Gasteiger partial charge in [-0.2, -0.15) is 0 Å². The largest absolute Gasteiger partial charge is 0.480 e. The van der Waals surface area contributed by atoms with Gasteiger partial charge in [-0.05, 0) is 77.7 Å². The van der Waals surface area contributed by atoms with Crippen molar-refractivity contribution in [2.45, 2.75) is 44.4 Å². The Morgan fingerprint density at radius 3 is 2.16 bits per heavy atom. The highest BCUT2D eigenvalue weighted by Gasteiger charge is 2.20. The first-order chi connectivity index (χ1) is 21.8. The third-order valence-corrected chi connectivity index (χ3v) is 7.99. The van der Waals surface area contributed by atoms with Crippen LogP contribution in [0.5, 0.6) is 0 Å². The highest BCUT2D eigenvalue weighted by Crippen LogP contribution is 2.18. The summed E-state index contributed by atoms with van der Waals surface area (Å²) in [6, 6.07) is 28.5. The van der Waals surface area contributed by atoms with E-state index in [4.69, 9.17) is 11.5 Å². The molecule has 1 amide bonds. The summed E-state index contributed by atoms with van der Waals surface area (Å²) < 4.78 is 4.07. The monoisotopic (exact) mass is 608 g/mol. The lowest BCUT2D eigenvalue weighted by Crippen LogP contribution is -2.41. The molecule has 2 unspecified atom stereocenters. The molecule has 0 spiro atoms. The molecule has 0 aliphatic carbocycles. The molecule has 2 atom stereocenters. The fourth-order valence-corrected chi connectivity index (χ4v) is 5.23. The molecular weight excluding hydrogens is 564 g/mol. The molecule has 5 aromatic rings. The predicted octanol–water partition coefficient (Wildman–Crippen LogP) is 4.66. The molecule has 0 saturated heterocycles. The van der Waals surface area contributed by atoms with Crippen molar-refractivity contribution in [3.8, 4) is 0 Å². The number of aromatic nitrogens is 2. The van der Waals surface area contributed by atoms with Gasteiger partial charge in [-0.1, -0.05) is 54.6 Å². The summed E-state index contributed by atoms with van der Waals surface area (Å²) in [7, 11) is 3.96. The van der Waals surface area contributed by atoms with E-state index in [1.807, 2.05) is 90.2 Å². The number of carbonyl (C=O) groups excluding carboxylic acids is 1. The van der Waals surface area contributed by atoms with Gasteiger partial charge in [0.15, 0.2) is 0 Å². The number of nitrogens with one attached hydrogen (secondary N) is 2. The smallest absolute Gasteiger partial charge is 0.326 e. The molecule has 9 heteroatoms. The van der Waals surface area contributed by atoms with E-state index in [1.165, 1.54) is 16.3 Å². The number of carboxylic acid groups (broad SMARTS) is 1. The van der Waals surface area contributed by atoms with Crippen LogP contribution in [-0.4, -0.2) is 38.7 Å². The minimum atomic E-state index is -1.04. The average Bonchev–Trinajstić information content (AvgIpc) is 3.66. The first-order valence-electron chi connectivity index (χ1n) is 15.2. The molecule has 3 aromatic carbocycles. The summed E-state index contributed by atoms with van der Waals surface area (Å²) in [5.74, 6) is -1.44. The summed E-state index contributed by atoms with van der Waals surface area (Å²) in [6.07, 6.45) is 5.63. The molecule has 0 aliphatic rings. The van der Waals surface area contributed by atoms with Crippen molar-refractivity contribution in [3.05, 3.63) is 131 Å². The quantitative estimate of drug-likeness (QED) is 0.123. The number of nitrogens with zero attached hydrogens (tertiary/aromatic N) is 2. The fourth-order valence-electron chi connectivity index (χ4n) is 5.23. The van der Waals surface area contributed by atoms with E-state index >= 15 is 0 Å². The summed E-state index contributed by atoms with van der Waals surface area (Å²) in [6.45, 7) is 1.99. The second-order valence-electron chi connectivity index (χ2n) is 11.2. The van der Waals surface area contributed by atoms with Gasteiger partial charge in [0.2, 0.25) is 0 Å². The lowest BCUT2D eigenvalue weighted by atomic mass is 10.0. The van der Waals surface area contributed by atoms with E-state index in [0.29, 0.717) is 44.5 Å². The Morgan fingerprint density at radius 1 is 0.844 bits per heavy atom. The Morgan fingerprint density at radius 2 is 1.51 bits per heavy atom. The minimum absolute atomic E-state index is 0.189. The van der Waals surface area contributed by atoms with Crippen molar-refractivity contribution in [2.75, 3.05) is 6.54 Å². The van der Waals surface area contributed by atoms with Crippen LogP contribution in [0.3, 0.4) is 0 Å². The van der Waals surface area contributed by atoms with E-state index in [9.17, 15) is 14.7 Å². The Labute approximate surface area is 264 Å². The van der Waals surface area contributed by atoms with Crippen molar-refractivity contribution < 1.29 is 14.7 Å². The molecule has 45 heavy (non-hydrogen) atoms. The number of benzene rings is 3. The van der Waals surface area contributed by atoms with Gasteiger partial charge in [0.25, 0.3) is 5.91 Å². The molecule has 2 heterocycles. The Bertz CT molecular complexity index is 1670. The van der Waals surface area contributed by atoms with Crippen molar-refractivity contribution in [3.63, 3.8) is 0 Å². The molecule has 0 saturated carbocycles. The van der Waals surface area contributed by atoms with Crippen LogP contribution in [0.25, 0.3) is 10.8 Å². The van der Waals surface area contributed by atoms with E-state index in [0.717, 1.165) is 17.0 Å². The van der Waals surface area contributed by atoms with Crippen LogP contribution >= 0.6 is 0 Å². The van der Waals surface area contributed by atoms with Gasteiger partial charge in [-0.15, -0.1) is 0 Å². The number of aryl methyl sites for hydroxylation is 2. The van der Waals surface area contributed by atoms with Crippen LogP contribution < -0.4 is 22.1 Å². The summed E-state index contributed by atoms with van der Waals surface area (Å²) in [5, 5.41) is 18.0. The van der Waals surface area contributed by atoms with Crippen LogP contribution in [0.2, 0.25) is 0 Å². The zero-order chi connectivity index (χ0) is 32.2. The van der Waals surface area contributed by atoms with E-state index < -0.39 is 17.9 Å². The number of fused-ring (bicyclic) bond motifs is 1. The lowest BCUT2D eigenvalue weighted by molar-refractivity contribution is -0.139. The Hall–Kier alpha value is -4.70. The van der Waals surface area contributed by atoms with Gasteiger partial charge in [0.05, 0.1) is 0 Å². The molecular formula is C36H44N6O3. The maximum absolute atomic E-state index is 12.6. The Balaban J connectivity index is 0.000000318. The zero-order valence-corrected chi connectivity index (χ0v) is 26.0. The standard InChI is InChI=1S/C25H33N5O3.C11H11N/c1-29-14-4-6-20(29)16-22(26)18-9-11-19(12-10-18)24(31)28-23(25(32)33)8-3-13-27-17-21-7-5-15-30(21)2;12-8-10-6-3-5-9-4-1-2-7-11(9)10/h4-7,9-12,14-15,22-23,27H,3,8,13,16-17,26H2,1-2H3,(H,28,31)(H,32,33);1-7H,8,12H2. The van der Waals surface area contributed by atoms with Crippen LogP contribution in [0.15, 0.2) is 103 Å². The van der Waals surface area contributed by atoms with Gasteiger partial charge in [0.1, 0.15) is 6.04 Å². The minimum Gasteiger partial charge on any atom is -0.480 e. The molecule has 9 nitrogen and oxygen atoms in total. The van der Waals surface area contributed by atoms with Gasteiger partial charge < -0.3 is 36.3 Å². The van der Waals surface area contributed by atoms with Crippen LogP contribution in [-0.2, 0) is 38.4 Å². The van der Waals surface area contributed by atoms with Crippen molar-refractivity contribution in [1.82, 2.24) is 19.8 Å². The number of aliphatic carboxylic acids is 1. The fraction of sp³-hybridized carbons (Fsp3) is 0.278. The third kappa shape index (κ3) is 9.39. The number of hydrogen-bond donors (Lipinski definition) is 5. The summed E-state index contributed by atoms with van der Waals surface area (Å²) in [4.78, 5) is 24.2. The van der Waals surface area contributed by atoms with Crippen LogP contribution in [0.1, 0.15) is 51.8 Å². The molecule has 2 aromatic heterocycles. The number of carboxylic acids is 1. The van der Waals surface area contributed by atoms with Gasteiger partial charge in [-0.3, -0.25) is 4.79 Å². The Kier molecular flexibility index (Phi) is 12.1. The first-order valence-corrected chi connectivity index (χ1v) is 15.2. The SMILES string of the molecule is Cn1cccc1CNCCCC(NC(=O)c1ccc(C(N)Cc2cccn2C)cc1)C(=O)O.NCc1cccc2ccccc12. The zero-order valence-electron chi connectivity index (χ0n) is 26.0. The molecule has 0 radical (unpaired) electrons. The van der Waals surface area contributed by atoms with Gasteiger partial charge in [0, 0.05) is 69.0 Å². The van der Waals surface area contributed by atoms with E-state index in [2.05, 4.69) is 34.9 Å². The average molecular weight is 609 g/mol. The highest BCUT2D eigenvalue weighted by atomic mass is 16.4. The predicted molar refractivity (Wildman–Crippen MR) is 180 cm³/mol. The van der Waals surface area contributed by atoms with Gasteiger partial charge >= 0.3 is 5.97 Å². The number of rotatable bonds is 13. The van der Waals surface area contributed by atoms with Crippen LogP contribution in [0.4, 0.5) is 0 Å². The molecule has 5 rings (SSSR count). The molecule has 0 fully saturated rings. The maximum Gasteiger partial charge on any atom is 0.326 e.